The molecule has 0 saturated heterocycles. The molecular formula is C25H34N2O2S. The Morgan fingerprint density at radius 3 is 2.47 bits per heavy atom. The van der Waals surface area contributed by atoms with Crippen LogP contribution in [0.25, 0.3) is 0 Å². The molecule has 0 unspecified atom stereocenters. The number of carbonyl (C=O) groups is 2. The fourth-order valence-electron chi connectivity index (χ4n) is 3.16. The van der Waals surface area contributed by atoms with Gasteiger partial charge in [-0.25, -0.2) is 0 Å². The Hall–Kier alpha value is -2.27. The van der Waals surface area contributed by atoms with Crippen LogP contribution in [0.1, 0.15) is 49.8 Å². The number of unbranched alkanes of at least 4 members (excludes halogenated alkanes) is 1. The van der Waals surface area contributed by atoms with Crippen molar-refractivity contribution in [2.75, 3.05) is 12.3 Å². The average molecular weight is 427 g/mol. The molecule has 0 aromatic heterocycles. The summed E-state index contributed by atoms with van der Waals surface area (Å²) in [6.45, 7) is 7.07. The fraction of sp³-hybridized carbons (Fsp3) is 0.440. The summed E-state index contributed by atoms with van der Waals surface area (Å²) in [5.74, 6) is 1.57. The molecule has 0 fully saturated rings. The Bertz CT molecular complexity index is 795. The highest BCUT2D eigenvalue weighted by Crippen LogP contribution is 2.17. The summed E-state index contributed by atoms with van der Waals surface area (Å²) >= 11 is 1.75. The van der Waals surface area contributed by atoms with Crippen molar-refractivity contribution in [2.45, 2.75) is 58.4 Å². The maximum absolute atomic E-state index is 13.1. The summed E-state index contributed by atoms with van der Waals surface area (Å²) < 4.78 is 0. The fourth-order valence-corrected chi connectivity index (χ4v) is 4.05. The number of thioether (sulfide) groups is 1. The van der Waals surface area contributed by atoms with Crippen LogP contribution in [0.2, 0.25) is 0 Å². The molecule has 0 saturated carbocycles. The van der Waals surface area contributed by atoms with Gasteiger partial charge in [0.15, 0.2) is 0 Å². The first-order chi connectivity index (χ1) is 14.5. The zero-order chi connectivity index (χ0) is 21.8. The van der Waals surface area contributed by atoms with E-state index in [4.69, 9.17) is 0 Å². The largest absolute Gasteiger partial charge is 0.354 e. The molecule has 2 rings (SSSR count). The minimum absolute atomic E-state index is 0.0250. The van der Waals surface area contributed by atoms with Crippen molar-refractivity contribution < 1.29 is 9.59 Å². The van der Waals surface area contributed by atoms with Crippen molar-refractivity contribution in [3.8, 4) is 0 Å². The van der Waals surface area contributed by atoms with Crippen LogP contribution in [0.4, 0.5) is 0 Å². The molecular weight excluding hydrogens is 392 g/mol. The predicted octanol–water partition coefficient (Wildman–Crippen LogP) is 4.95. The number of aryl methyl sites for hydroxylation is 1. The molecule has 1 N–H and O–H groups in total. The zero-order valence-corrected chi connectivity index (χ0v) is 19.2. The monoisotopic (exact) mass is 426 g/mol. The van der Waals surface area contributed by atoms with E-state index in [0.29, 0.717) is 19.5 Å². The van der Waals surface area contributed by atoms with Gasteiger partial charge in [0, 0.05) is 31.0 Å². The van der Waals surface area contributed by atoms with Gasteiger partial charge in [-0.1, -0.05) is 67.9 Å². The number of hydrogen-bond acceptors (Lipinski definition) is 3. The molecule has 0 aliphatic carbocycles. The first-order valence-corrected chi connectivity index (χ1v) is 11.9. The van der Waals surface area contributed by atoms with E-state index in [1.807, 2.05) is 56.3 Å². The lowest BCUT2D eigenvalue weighted by molar-refractivity contribution is -0.140. The third kappa shape index (κ3) is 7.86. The standard InChI is InChI=1S/C25H34N2O2S/c1-4-5-16-26-25(29)21(3)27(18-23-14-10-9-11-20(23)2)24(28)15-17-30-19-22-12-7-6-8-13-22/h6-14,21H,4-5,15-19H2,1-3H3,(H,26,29)/t21-/m1/s1. The summed E-state index contributed by atoms with van der Waals surface area (Å²) in [7, 11) is 0. The molecule has 0 heterocycles. The minimum atomic E-state index is -0.493. The number of amides is 2. The summed E-state index contributed by atoms with van der Waals surface area (Å²) in [5.41, 5.74) is 3.47. The molecule has 0 bridgehead atoms. The van der Waals surface area contributed by atoms with Gasteiger partial charge in [0.05, 0.1) is 0 Å². The van der Waals surface area contributed by atoms with Crippen LogP contribution in [-0.2, 0) is 21.9 Å². The smallest absolute Gasteiger partial charge is 0.242 e. The van der Waals surface area contributed by atoms with Crippen LogP contribution < -0.4 is 5.32 Å². The first-order valence-electron chi connectivity index (χ1n) is 10.8. The summed E-state index contributed by atoms with van der Waals surface area (Å²) in [6, 6.07) is 17.8. The molecule has 0 aliphatic rings. The van der Waals surface area contributed by atoms with Gasteiger partial charge in [0.2, 0.25) is 11.8 Å². The Morgan fingerprint density at radius 2 is 1.77 bits per heavy atom. The van der Waals surface area contributed by atoms with E-state index < -0.39 is 6.04 Å². The van der Waals surface area contributed by atoms with Crippen molar-refractivity contribution in [3.63, 3.8) is 0 Å². The predicted molar refractivity (Wildman–Crippen MR) is 126 cm³/mol. The van der Waals surface area contributed by atoms with E-state index in [0.717, 1.165) is 35.5 Å². The zero-order valence-electron chi connectivity index (χ0n) is 18.4. The Labute approximate surface area is 185 Å². The Balaban J connectivity index is 1.98. The number of nitrogens with zero attached hydrogens (tertiary/aromatic N) is 1. The van der Waals surface area contributed by atoms with Crippen molar-refractivity contribution in [2.24, 2.45) is 0 Å². The molecule has 2 amide bonds. The molecule has 162 valence electrons. The van der Waals surface area contributed by atoms with Gasteiger partial charge in [0.1, 0.15) is 6.04 Å². The van der Waals surface area contributed by atoms with E-state index in [-0.39, 0.29) is 11.8 Å². The SMILES string of the molecule is CCCCNC(=O)[C@@H](C)N(Cc1ccccc1C)C(=O)CCSCc1ccccc1. The van der Waals surface area contributed by atoms with Crippen molar-refractivity contribution >= 4 is 23.6 Å². The van der Waals surface area contributed by atoms with Gasteiger partial charge in [-0.2, -0.15) is 11.8 Å². The molecule has 4 nitrogen and oxygen atoms in total. The van der Waals surface area contributed by atoms with Crippen molar-refractivity contribution in [1.29, 1.82) is 0 Å². The number of nitrogens with one attached hydrogen (secondary N) is 1. The summed E-state index contributed by atoms with van der Waals surface area (Å²) in [6.07, 6.45) is 2.40. The van der Waals surface area contributed by atoms with Crippen LogP contribution in [0.15, 0.2) is 54.6 Å². The van der Waals surface area contributed by atoms with Gasteiger partial charge in [0.25, 0.3) is 0 Å². The second-order valence-corrected chi connectivity index (χ2v) is 8.66. The number of carbonyl (C=O) groups excluding carboxylic acids is 2. The van der Waals surface area contributed by atoms with Crippen molar-refractivity contribution in [1.82, 2.24) is 10.2 Å². The van der Waals surface area contributed by atoms with Crippen LogP contribution in [0, 0.1) is 6.92 Å². The topological polar surface area (TPSA) is 49.4 Å². The van der Waals surface area contributed by atoms with E-state index in [1.165, 1.54) is 5.56 Å². The number of hydrogen-bond donors (Lipinski definition) is 1. The lowest BCUT2D eigenvalue weighted by Gasteiger charge is -2.29. The minimum Gasteiger partial charge on any atom is -0.354 e. The molecule has 2 aromatic carbocycles. The second kappa shape index (κ2) is 13.1. The molecule has 5 heteroatoms. The van der Waals surface area contributed by atoms with E-state index in [2.05, 4.69) is 24.4 Å². The Morgan fingerprint density at radius 1 is 1.07 bits per heavy atom. The highest BCUT2D eigenvalue weighted by molar-refractivity contribution is 7.98. The third-order valence-corrected chi connectivity index (χ3v) is 6.20. The van der Waals surface area contributed by atoms with Crippen molar-refractivity contribution in [3.05, 3.63) is 71.3 Å². The normalized spacial score (nSPS) is 11.7. The molecule has 0 aliphatic heterocycles. The van der Waals surface area contributed by atoms with Crippen LogP contribution >= 0.6 is 11.8 Å². The molecule has 2 aromatic rings. The molecule has 0 spiro atoms. The average Bonchev–Trinajstić information content (AvgIpc) is 2.76. The lowest BCUT2D eigenvalue weighted by Crippen LogP contribution is -2.48. The summed E-state index contributed by atoms with van der Waals surface area (Å²) in [4.78, 5) is 27.5. The van der Waals surface area contributed by atoms with E-state index >= 15 is 0 Å². The Kier molecular flexibility index (Phi) is 10.5. The van der Waals surface area contributed by atoms with Crippen LogP contribution in [0.3, 0.4) is 0 Å². The first kappa shape index (κ1) is 24.0. The van der Waals surface area contributed by atoms with Gasteiger partial charge in [-0.15, -0.1) is 0 Å². The number of benzene rings is 2. The highest BCUT2D eigenvalue weighted by atomic mass is 32.2. The maximum Gasteiger partial charge on any atom is 0.242 e. The van der Waals surface area contributed by atoms with Gasteiger partial charge in [-0.3, -0.25) is 9.59 Å². The van der Waals surface area contributed by atoms with Gasteiger partial charge < -0.3 is 10.2 Å². The summed E-state index contributed by atoms with van der Waals surface area (Å²) in [5, 5.41) is 2.97. The van der Waals surface area contributed by atoms with E-state index in [1.54, 1.807) is 16.7 Å². The highest BCUT2D eigenvalue weighted by Gasteiger charge is 2.26. The third-order valence-electron chi connectivity index (χ3n) is 5.17. The van der Waals surface area contributed by atoms with Crippen LogP contribution in [-0.4, -0.2) is 35.1 Å². The second-order valence-electron chi connectivity index (χ2n) is 7.56. The van der Waals surface area contributed by atoms with Gasteiger partial charge >= 0.3 is 0 Å². The quantitative estimate of drug-likeness (QED) is 0.489. The van der Waals surface area contributed by atoms with Crippen LogP contribution in [0.5, 0.6) is 0 Å². The van der Waals surface area contributed by atoms with Gasteiger partial charge in [-0.05, 0) is 37.0 Å². The lowest BCUT2D eigenvalue weighted by atomic mass is 10.1. The van der Waals surface area contributed by atoms with E-state index in [9.17, 15) is 9.59 Å². The maximum atomic E-state index is 13.1. The molecule has 1 atom stereocenters. The molecule has 30 heavy (non-hydrogen) atoms. The number of rotatable bonds is 12. The molecule has 0 radical (unpaired) electrons.